The fraction of sp³-hybridized carbons (Fsp3) is 0.222. The fourth-order valence-electron chi connectivity index (χ4n) is 4.25. The number of carbonyl (C=O) groups excluding carboxylic acids is 2. The molecule has 0 bridgehead atoms. The largest absolute Gasteiger partial charge is 0.481 e. The maximum Gasteiger partial charge on any atom is 0.411 e. The molecular weight excluding hydrogens is 468 g/mol. The first kappa shape index (κ1) is 24.3. The number of anilines is 1. The van der Waals surface area contributed by atoms with E-state index in [1.54, 1.807) is 6.92 Å². The van der Waals surface area contributed by atoms with E-state index in [1.165, 1.54) is 18.2 Å². The molecule has 0 aliphatic heterocycles. The molecule has 0 aromatic heterocycles. The lowest BCUT2D eigenvalue weighted by atomic mass is 9.98. The lowest BCUT2D eigenvalue weighted by molar-refractivity contribution is -0.137. The van der Waals surface area contributed by atoms with Gasteiger partial charge in [-0.2, -0.15) is 0 Å². The number of hydrogen-bond donors (Lipinski definition) is 3. The van der Waals surface area contributed by atoms with Crippen molar-refractivity contribution in [2.45, 2.75) is 19.3 Å². The van der Waals surface area contributed by atoms with Crippen molar-refractivity contribution in [1.29, 1.82) is 0 Å². The first-order chi connectivity index (χ1) is 16.8. The summed E-state index contributed by atoms with van der Waals surface area (Å²) in [5.74, 6) is -1.61. The van der Waals surface area contributed by atoms with E-state index in [9.17, 15) is 14.4 Å². The Kier molecular flexibility index (Phi) is 7.36. The number of halogens is 1. The number of benzene rings is 3. The second kappa shape index (κ2) is 10.6. The smallest absolute Gasteiger partial charge is 0.411 e. The monoisotopic (exact) mass is 492 g/mol. The second-order valence-electron chi connectivity index (χ2n) is 8.56. The van der Waals surface area contributed by atoms with Crippen LogP contribution in [-0.2, 0) is 9.53 Å². The molecule has 2 amide bonds. The number of carbonyl (C=O) groups is 3. The highest BCUT2D eigenvalue weighted by atomic mass is 35.5. The van der Waals surface area contributed by atoms with Gasteiger partial charge in [0, 0.05) is 24.4 Å². The van der Waals surface area contributed by atoms with Crippen LogP contribution >= 0.6 is 11.6 Å². The van der Waals surface area contributed by atoms with E-state index in [1.807, 2.05) is 36.4 Å². The minimum Gasteiger partial charge on any atom is -0.481 e. The van der Waals surface area contributed by atoms with Crippen molar-refractivity contribution >= 4 is 35.3 Å². The molecule has 1 atom stereocenters. The lowest BCUT2D eigenvalue weighted by Crippen LogP contribution is -2.29. The number of carboxylic acid groups (broad SMARTS) is 1. The summed E-state index contributed by atoms with van der Waals surface area (Å²) in [5.41, 5.74) is 5.01. The number of ether oxygens (including phenoxy) is 1. The average molecular weight is 493 g/mol. The number of fused-ring (bicyclic) bond motifs is 3. The number of nitrogens with one attached hydrogen (secondary N) is 2. The van der Waals surface area contributed by atoms with Gasteiger partial charge in [-0.15, -0.1) is 0 Å². The summed E-state index contributed by atoms with van der Waals surface area (Å²) in [4.78, 5) is 35.9. The van der Waals surface area contributed by atoms with Crippen molar-refractivity contribution in [2.75, 3.05) is 18.5 Å². The van der Waals surface area contributed by atoms with E-state index in [0.717, 1.165) is 22.3 Å². The van der Waals surface area contributed by atoms with Crippen LogP contribution in [0.25, 0.3) is 11.1 Å². The van der Waals surface area contributed by atoms with Crippen LogP contribution in [0.3, 0.4) is 0 Å². The van der Waals surface area contributed by atoms with Crippen LogP contribution in [0.5, 0.6) is 0 Å². The van der Waals surface area contributed by atoms with Gasteiger partial charge in [0.1, 0.15) is 6.61 Å². The molecule has 180 valence electrons. The van der Waals surface area contributed by atoms with Gasteiger partial charge < -0.3 is 15.2 Å². The highest BCUT2D eigenvalue weighted by molar-refractivity contribution is 6.33. The molecule has 0 radical (unpaired) electrons. The summed E-state index contributed by atoms with van der Waals surface area (Å²) in [5, 5.41) is 14.4. The van der Waals surface area contributed by atoms with Crippen LogP contribution in [0.1, 0.15) is 40.7 Å². The third-order valence-electron chi connectivity index (χ3n) is 5.94. The summed E-state index contributed by atoms with van der Waals surface area (Å²) in [7, 11) is 0. The molecule has 3 N–H and O–H groups in total. The summed E-state index contributed by atoms with van der Waals surface area (Å²) in [6, 6.07) is 20.6. The Bertz CT molecular complexity index is 1230. The van der Waals surface area contributed by atoms with E-state index in [4.69, 9.17) is 21.4 Å². The van der Waals surface area contributed by atoms with Crippen LogP contribution in [0.15, 0.2) is 66.7 Å². The molecule has 4 rings (SSSR count). The number of aliphatic carboxylic acids is 1. The van der Waals surface area contributed by atoms with Gasteiger partial charge in [0.2, 0.25) is 0 Å². The maximum absolute atomic E-state index is 12.6. The van der Waals surface area contributed by atoms with Gasteiger partial charge in [0.25, 0.3) is 5.91 Å². The average Bonchev–Trinajstić information content (AvgIpc) is 3.16. The zero-order valence-corrected chi connectivity index (χ0v) is 19.8. The van der Waals surface area contributed by atoms with Crippen molar-refractivity contribution in [3.8, 4) is 11.1 Å². The minimum atomic E-state index is -0.923. The summed E-state index contributed by atoms with van der Waals surface area (Å²) >= 11 is 6.22. The fourth-order valence-corrected chi connectivity index (χ4v) is 4.41. The molecule has 0 saturated carbocycles. The number of amides is 2. The molecular formula is C27H25ClN2O5. The molecule has 0 heterocycles. The molecule has 0 saturated heterocycles. The molecule has 8 heteroatoms. The first-order valence-corrected chi connectivity index (χ1v) is 11.6. The van der Waals surface area contributed by atoms with Crippen LogP contribution in [-0.4, -0.2) is 36.2 Å². The predicted molar refractivity (Wildman–Crippen MR) is 134 cm³/mol. The van der Waals surface area contributed by atoms with Crippen molar-refractivity contribution in [3.05, 3.63) is 88.4 Å². The van der Waals surface area contributed by atoms with E-state index < -0.39 is 18.0 Å². The van der Waals surface area contributed by atoms with Crippen molar-refractivity contribution < 1.29 is 24.2 Å². The molecule has 1 aliphatic rings. The van der Waals surface area contributed by atoms with Crippen molar-refractivity contribution in [2.24, 2.45) is 5.92 Å². The van der Waals surface area contributed by atoms with E-state index in [2.05, 4.69) is 22.8 Å². The highest BCUT2D eigenvalue weighted by Crippen LogP contribution is 2.44. The number of hydrogen-bond acceptors (Lipinski definition) is 4. The Morgan fingerprint density at radius 3 is 2.26 bits per heavy atom. The van der Waals surface area contributed by atoms with Gasteiger partial charge >= 0.3 is 12.1 Å². The summed E-state index contributed by atoms with van der Waals surface area (Å²) < 4.78 is 5.55. The third kappa shape index (κ3) is 5.63. The van der Waals surface area contributed by atoms with Gasteiger partial charge in [-0.25, -0.2) is 4.79 Å². The van der Waals surface area contributed by atoms with Crippen LogP contribution in [0.4, 0.5) is 10.5 Å². The zero-order chi connectivity index (χ0) is 24.9. The SMILES string of the molecule is CC(CNC(=O)c1ccc(Cl)c(NC(=O)OCC2c3ccccc3-c3ccccc32)c1)CC(=O)O. The maximum atomic E-state index is 12.6. The van der Waals surface area contributed by atoms with Crippen molar-refractivity contribution in [3.63, 3.8) is 0 Å². The van der Waals surface area contributed by atoms with Crippen LogP contribution in [0.2, 0.25) is 5.02 Å². The van der Waals surface area contributed by atoms with E-state index in [0.29, 0.717) is 0 Å². The zero-order valence-electron chi connectivity index (χ0n) is 19.1. The Morgan fingerprint density at radius 1 is 1.00 bits per heavy atom. The molecule has 0 fully saturated rings. The minimum absolute atomic E-state index is 0.0461. The van der Waals surface area contributed by atoms with Gasteiger partial charge in [0.15, 0.2) is 0 Å². The van der Waals surface area contributed by atoms with E-state index >= 15 is 0 Å². The summed E-state index contributed by atoms with van der Waals surface area (Å²) in [6.45, 7) is 2.10. The Morgan fingerprint density at radius 2 is 1.63 bits per heavy atom. The molecule has 3 aromatic rings. The molecule has 3 aromatic carbocycles. The predicted octanol–water partition coefficient (Wildman–Crippen LogP) is 5.54. The normalized spacial score (nSPS) is 12.9. The third-order valence-corrected chi connectivity index (χ3v) is 6.27. The van der Waals surface area contributed by atoms with Crippen LogP contribution < -0.4 is 10.6 Å². The van der Waals surface area contributed by atoms with Gasteiger partial charge in [0.05, 0.1) is 10.7 Å². The topological polar surface area (TPSA) is 105 Å². The van der Waals surface area contributed by atoms with Gasteiger partial charge in [-0.1, -0.05) is 67.1 Å². The second-order valence-corrected chi connectivity index (χ2v) is 8.97. The van der Waals surface area contributed by atoms with Crippen LogP contribution in [0, 0.1) is 5.92 Å². The molecule has 35 heavy (non-hydrogen) atoms. The highest BCUT2D eigenvalue weighted by Gasteiger charge is 2.29. The van der Waals surface area contributed by atoms with Gasteiger partial charge in [-0.05, 0) is 46.4 Å². The lowest BCUT2D eigenvalue weighted by Gasteiger charge is -2.15. The molecule has 1 aliphatic carbocycles. The Hall–Kier alpha value is -3.84. The van der Waals surface area contributed by atoms with Gasteiger partial charge in [-0.3, -0.25) is 14.9 Å². The van der Waals surface area contributed by atoms with Crippen molar-refractivity contribution in [1.82, 2.24) is 5.32 Å². The summed E-state index contributed by atoms with van der Waals surface area (Å²) in [6.07, 6.45) is -0.725. The number of carboxylic acids is 1. The Balaban J connectivity index is 1.39. The standard InChI is InChI=1S/C27H25ClN2O5/c1-16(12-25(31)32)14-29-26(33)17-10-11-23(28)24(13-17)30-27(34)35-15-22-20-8-4-2-6-18(20)19-7-3-5-9-21(19)22/h2-11,13,16,22H,12,14-15H2,1H3,(H,29,33)(H,30,34)(H,31,32). The molecule has 1 unspecified atom stereocenters. The van der Waals surface area contributed by atoms with E-state index in [-0.39, 0.29) is 47.7 Å². The molecule has 7 nitrogen and oxygen atoms in total. The Labute approximate surface area is 208 Å². The number of rotatable bonds is 8. The quantitative estimate of drug-likeness (QED) is 0.383. The molecule has 0 spiro atoms. The first-order valence-electron chi connectivity index (χ1n) is 11.2.